The van der Waals surface area contributed by atoms with E-state index in [4.69, 9.17) is 21.1 Å². The van der Waals surface area contributed by atoms with Gasteiger partial charge < -0.3 is 14.8 Å². The molecule has 0 amide bonds. The summed E-state index contributed by atoms with van der Waals surface area (Å²) in [5.74, 6) is 1.60. The first kappa shape index (κ1) is 9.46. The molecule has 1 aromatic rings. The summed E-state index contributed by atoms with van der Waals surface area (Å²) in [6.45, 7) is 1.42. The van der Waals surface area contributed by atoms with Crippen LogP contribution in [0.15, 0.2) is 18.2 Å². The number of rotatable bonds is 2. The van der Waals surface area contributed by atoms with Crippen LogP contribution in [0.3, 0.4) is 0 Å². The fraction of sp³-hybridized carbons (Fsp3) is 0.400. The van der Waals surface area contributed by atoms with Crippen molar-refractivity contribution in [3.63, 3.8) is 0 Å². The van der Waals surface area contributed by atoms with Crippen LogP contribution in [0.5, 0.6) is 11.5 Å². The molecule has 1 aliphatic heterocycles. The monoisotopic (exact) mass is 213 g/mol. The highest BCUT2D eigenvalue weighted by Gasteiger charge is 2.09. The summed E-state index contributed by atoms with van der Waals surface area (Å²) < 4.78 is 11.0. The summed E-state index contributed by atoms with van der Waals surface area (Å²) in [7, 11) is 0. The van der Waals surface area contributed by atoms with Crippen molar-refractivity contribution in [3.05, 3.63) is 18.2 Å². The molecule has 0 atom stereocenters. The van der Waals surface area contributed by atoms with Crippen LogP contribution >= 0.6 is 11.6 Å². The smallest absolute Gasteiger partial charge is 0.163 e. The van der Waals surface area contributed by atoms with E-state index in [2.05, 4.69) is 5.32 Å². The standard InChI is InChI=1S/C10H12ClNO2/c11-7-12-8-2-3-9-10(6-8)14-5-1-4-13-9/h2-3,6,12H,1,4-5,7H2. The predicted octanol–water partition coefficient (Wildman–Crippen LogP) is 2.46. The summed E-state index contributed by atoms with van der Waals surface area (Å²) in [6.07, 6.45) is 0.924. The molecular formula is C10H12ClNO2. The number of alkyl halides is 1. The van der Waals surface area contributed by atoms with Gasteiger partial charge in [-0.2, -0.15) is 0 Å². The van der Waals surface area contributed by atoms with Gasteiger partial charge in [-0.05, 0) is 12.1 Å². The fourth-order valence-corrected chi connectivity index (χ4v) is 1.50. The van der Waals surface area contributed by atoms with Crippen molar-refractivity contribution >= 4 is 17.3 Å². The fourth-order valence-electron chi connectivity index (χ4n) is 1.35. The second kappa shape index (κ2) is 4.42. The average Bonchev–Trinajstić information content (AvgIpc) is 2.42. The first-order valence-corrected chi connectivity index (χ1v) is 5.13. The van der Waals surface area contributed by atoms with E-state index in [0.717, 1.165) is 30.2 Å². The second-order valence-corrected chi connectivity index (χ2v) is 3.29. The van der Waals surface area contributed by atoms with Gasteiger partial charge in [0.2, 0.25) is 0 Å². The summed E-state index contributed by atoms with van der Waals surface area (Å²) in [6, 6.07) is 6.12. The van der Waals surface area contributed by atoms with Crippen molar-refractivity contribution in [2.45, 2.75) is 6.42 Å². The number of ether oxygens (including phenoxy) is 2. The van der Waals surface area contributed by atoms with E-state index in [1.54, 1.807) is 0 Å². The van der Waals surface area contributed by atoms with Crippen molar-refractivity contribution in [1.82, 2.24) is 0 Å². The molecule has 1 aromatic carbocycles. The van der Waals surface area contributed by atoms with Gasteiger partial charge in [0.25, 0.3) is 0 Å². The SMILES string of the molecule is ClCNc1ccc2c(c1)OCCCO2. The van der Waals surface area contributed by atoms with Crippen molar-refractivity contribution in [2.24, 2.45) is 0 Å². The van der Waals surface area contributed by atoms with Gasteiger partial charge in [-0.1, -0.05) is 0 Å². The Morgan fingerprint density at radius 2 is 2.00 bits per heavy atom. The minimum atomic E-state index is 0.389. The number of halogens is 1. The van der Waals surface area contributed by atoms with E-state index in [-0.39, 0.29) is 0 Å². The van der Waals surface area contributed by atoms with Crippen LogP contribution in [-0.4, -0.2) is 19.2 Å². The van der Waals surface area contributed by atoms with E-state index in [1.807, 2.05) is 18.2 Å². The number of anilines is 1. The zero-order valence-corrected chi connectivity index (χ0v) is 8.51. The molecule has 0 aromatic heterocycles. The second-order valence-electron chi connectivity index (χ2n) is 3.02. The van der Waals surface area contributed by atoms with Crippen LogP contribution in [0.2, 0.25) is 0 Å². The van der Waals surface area contributed by atoms with Crippen LogP contribution in [0.1, 0.15) is 6.42 Å². The van der Waals surface area contributed by atoms with Crippen LogP contribution < -0.4 is 14.8 Å². The zero-order valence-electron chi connectivity index (χ0n) is 7.75. The number of hydrogen-bond donors (Lipinski definition) is 1. The van der Waals surface area contributed by atoms with Gasteiger partial charge in [0, 0.05) is 18.2 Å². The highest BCUT2D eigenvalue weighted by atomic mass is 35.5. The van der Waals surface area contributed by atoms with Gasteiger partial charge in [-0.15, -0.1) is 11.6 Å². The maximum Gasteiger partial charge on any atom is 0.163 e. The Morgan fingerprint density at radius 3 is 2.79 bits per heavy atom. The molecule has 76 valence electrons. The number of fused-ring (bicyclic) bond motifs is 1. The molecule has 1 N–H and O–H groups in total. The molecule has 4 heteroatoms. The third-order valence-electron chi connectivity index (χ3n) is 2.02. The number of benzene rings is 1. The lowest BCUT2D eigenvalue weighted by Crippen LogP contribution is -1.97. The molecule has 0 fully saturated rings. The molecule has 0 aliphatic carbocycles. The summed E-state index contributed by atoms with van der Waals surface area (Å²) in [5.41, 5.74) is 0.948. The van der Waals surface area contributed by atoms with Gasteiger partial charge in [0.05, 0.1) is 19.2 Å². The van der Waals surface area contributed by atoms with E-state index in [0.29, 0.717) is 12.6 Å². The van der Waals surface area contributed by atoms with Gasteiger partial charge in [0.15, 0.2) is 11.5 Å². The van der Waals surface area contributed by atoms with E-state index in [1.165, 1.54) is 0 Å². The Balaban J connectivity index is 2.23. The van der Waals surface area contributed by atoms with Gasteiger partial charge in [-0.25, -0.2) is 0 Å². The van der Waals surface area contributed by atoms with Crippen molar-refractivity contribution in [2.75, 3.05) is 24.5 Å². The maximum absolute atomic E-state index is 5.57. The molecule has 0 bridgehead atoms. The Hall–Kier alpha value is -1.09. The maximum atomic E-state index is 5.57. The van der Waals surface area contributed by atoms with Gasteiger partial charge in [0.1, 0.15) is 0 Å². The lowest BCUT2D eigenvalue weighted by Gasteiger charge is -2.09. The van der Waals surface area contributed by atoms with Crippen LogP contribution in [-0.2, 0) is 0 Å². The topological polar surface area (TPSA) is 30.5 Å². The third-order valence-corrected chi connectivity index (χ3v) is 2.15. The molecule has 1 aliphatic rings. The Bertz CT molecular complexity index is 317. The molecular weight excluding hydrogens is 202 g/mol. The predicted molar refractivity (Wildman–Crippen MR) is 56.4 cm³/mol. The minimum absolute atomic E-state index is 0.389. The zero-order chi connectivity index (χ0) is 9.80. The summed E-state index contributed by atoms with van der Waals surface area (Å²) >= 11 is 5.57. The average molecular weight is 214 g/mol. The Labute approximate surface area is 88.0 Å². The molecule has 2 rings (SSSR count). The molecule has 0 radical (unpaired) electrons. The molecule has 0 saturated carbocycles. The van der Waals surface area contributed by atoms with Crippen molar-refractivity contribution in [3.8, 4) is 11.5 Å². The van der Waals surface area contributed by atoms with Crippen molar-refractivity contribution in [1.29, 1.82) is 0 Å². The van der Waals surface area contributed by atoms with Crippen LogP contribution in [0.25, 0.3) is 0 Å². The highest BCUT2D eigenvalue weighted by Crippen LogP contribution is 2.32. The first-order valence-electron chi connectivity index (χ1n) is 4.59. The molecule has 3 nitrogen and oxygen atoms in total. The summed E-state index contributed by atoms with van der Waals surface area (Å²) in [4.78, 5) is 0. The summed E-state index contributed by atoms with van der Waals surface area (Å²) in [5, 5.41) is 3.01. The highest BCUT2D eigenvalue weighted by molar-refractivity contribution is 6.18. The first-order chi connectivity index (χ1) is 6.90. The lowest BCUT2D eigenvalue weighted by atomic mass is 10.3. The molecule has 0 saturated heterocycles. The molecule has 1 heterocycles. The number of nitrogens with one attached hydrogen (secondary N) is 1. The van der Waals surface area contributed by atoms with E-state index >= 15 is 0 Å². The molecule has 0 spiro atoms. The van der Waals surface area contributed by atoms with Gasteiger partial charge in [-0.3, -0.25) is 0 Å². The molecule has 14 heavy (non-hydrogen) atoms. The Kier molecular flexibility index (Phi) is 2.99. The van der Waals surface area contributed by atoms with E-state index < -0.39 is 0 Å². The Morgan fingerprint density at radius 1 is 1.21 bits per heavy atom. The van der Waals surface area contributed by atoms with Crippen LogP contribution in [0, 0.1) is 0 Å². The van der Waals surface area contributed by atoms with E-state index in [9.17, 15) is 0 Å². The largest absolute Gasteiger partial charge is 0.490 e. The lowest BCUT2D eigenvalue weighted by molar-refractivity contribution is 0.297. The van der Waals surface area contributed by atoms with Crippen LogP contribution in [0.4, 0.5) is 5.69 Å². The molecule has 0 unspecified atom stereocenters. The normalized spacial score (nSPS) is 14.6. The van der Waals surface area contributed by atoms with Crippen molar-refractivity contribution < 1.29 is 9.47 Å². The quantitative estimate of drug-likeness (QED) is 0.605. The van der Waals surface area contributed by atoms with Gasteiger partial charge >= 0.3 is 0 Å². The minimum Gasteiger partial charge on any atom is -0.490 e. The number of hydrogen-bond acceptors (Lipinski definition) is 3. The third kappa shape index (κ3) is 2.04.